The predicted molar refractivity (Wildman–Crippen MR) is 68.4 cm³/mol. The summed E-state index contributed by atoms with van der Waals surface area (Å²) in [6.07, 6.45) is 0.849. The monoisotopic (exact) mass is 266 g/mol. The van der Waals surface area contributed by atoms with Crippen LogP contribution in [0, 0.1) is 0 Å². The minimum Gasteiger partial charge on any atom is -0.366 e. The molecule has 0 aromatic rings. The lowest BCUT2D eigenvalue weighted by atomic mass is 10.2. The summed E-state index contributed by atoms with van der Waals surface area (Å²) in [5.41, 5.74) is 0. The Morgan fingerprint density at radius 1 is 1.56 bits per heavy atom. The fourth-order valence-electron chi connectivity index (χ4n) is 1.96. The Labute approximate surface area is 107 Å². The van der Waals surface area contributed by atoms with Crippen molar-refractivity contribution < 1.29 is 9.53 Å². The molecule has 2 saturated heterocycles. The SMILES string of the molecule is CN(C(=O)[C@H]1CNCCO1)C1CCSC1.Cl. The van der Waals surface area contributed by atoms with E-state index in [0.29, 0.717) is 19.2 Å². The molecular formula is C10H19ClN2O2S. The van der Waals surface area contributed by atoms with E-state index in [-0.39, 0.29) is 24.4 Å². The lowest BCUT2D eigenvalue weighted by Gasteiger charge is -2.30. The van der Waals surface area contributed by atoms with Crippen molar-refractivity contribution in [3.05, 3.63) is 0 Å². The zero-order valence-electron chi connectivity index (χ0n) is 9.48. The fraction of sp³-hybridized carbons (Fsp3) is 0.900. The van der Waals surface area contributed by atoms with Gasteiger partial charge in [-0.2, -0.15) is 11.8 Å². The second kappa shape index (κ2) is 6.69. The molecule has 6 heteroatoms. The Morgan fingerprint density at radius 3 is 2.94 bits per heavy atom. The van der Waals surface area contributed by atoms with Crippen LogP contribution in [0.3, 0.4) is 0 Å². The van der Waals surface area contributed by atoms with Crippen LogP contribution in [0.1, 0.15) is 6.42 Å². The number of likely N-dealkylation sites (N-methyl/N-ethyl adjacent to an activating group) is 1. The molecule has 94 valence electrons. The quantitative estimate of drug-likeness (QED) is 0.784. The number of ether oxygens (including phenoxy) is 1. The predicted octanol–water partition coefficient (Wildman–Crippen LogP) is 0.361. The Balaban J connectivity index is 0.00000128. The summed E-state index contributed by atoms with van der Waals surface area (Å²) < 4.78 is 5.46. The number of rotatable bonds is 2. The van der Waals surface area contributed by atoms with Gasteiger partial charge in [0.15, 0.2) is 0 Å². The molecule has 1 amide bonds. The number of nitrogens with one attached hydrogen (secondary N) is 1. The molecule has 2 atom stereocenters. The summed E-state index contributed by atoms with van der Waals surface area (Å²) in [7, 11) is 1.90. The van der Waals surface area contributed by atoms with Gasteiger partial charge in [0, 0.05) is 31.9 Å². The molecule has 0 aliphatic carbocycles. The first-order valence-electron chi connectivity index (χ1n) is 5.46. The van der Waals surface area contributed by atoms with Crippen molar-refractivity contribution in [2.24, 2.45) is 0 Å². The summed E-state index contributed by atoms with van der Waals surface area (Å²) in [4.78, 5) is 13.9. The number of hydrogen-bond donors (Lipinski definition) is 1. The van der Waals surface area contributed by atoms with Gasteiger partial charge in [0.05, 0.1) is 6.61 Å². The van der Waals surface area contributed by atoms with Crippen LogP contribution in [0.5, 0.6) is 0 Å². The van der Waals surface area contributed by atoms with Crippen molar-refractivity contribution >= 4 is 30.1 Å². The maximum absolute atomic E-state index is 12.0. The molecule has 2 heterocycles. The molecule has 1 N–H and O–H groups in total. The summed E-state index contributed by atoms with van der Waals surface area (Å²) in [6.45, 7) is 2.15. The molecule has 0 aromatic carbocycles. The molecule has 2 aliphatic rings. The van der Waals surface area contributed by atoms with Gasteiger partial charge in [0.1, 0.15) is 6.10 Å². The van der Waals surface area contributed by atoms with Gasteiger partial charge in [-0.25, -0.2) is 0 Å². The van der Waals surface area contributed by atoms with Crippen LogP contribution in [-0.2, 0) is 9.53 Å². The molecule has 0 radical (unpaired) electrons. The van der Waals surface area contributed by atoms with E-state index in [1.165, 1.54) is 5.75 Å². The minimum atomic E-state index is -0.269. The summed E-state index contributed by atoms with van der Waals surface area (Å²) in [5, 5.41) is 3.18. The van der Waals surface area contributed by atoms with Gasteiger partial charge >= 0.3 is 0 Å². The maximum atomic E-state index is 12.0. The molecule has 2 rings (SSSR count). The van der Waals surface area contributed by atoms with Crippen LogP contribution >= 0.6 is 24.2 Å². The van der Waals surface area contributed by atoms with Crippen LogP contribution < -0.4 is 5.32 Å². The van der Waals surface area contributed by atoms with Crippen molar-refractivity contribution in [2.75, 3.05) is 38.2 Å². The highest BCUT2D eigenvalue weighted by Gasteiger charge is 2.30. The van der Waals surface area contributed by atoms with E-state index in [4.69, 9.17) is 4.74 Å². The first-order chi connectivity index (χ1) is 7.29. The fourth-order valence-corrected chi connectivity index (χ4v) is 3.23. The molecule has 2 fully saturated rings. The average Bonchev–Trinajstić information content (AvgIpc) is 2.82. The normalized spacial score (nSPS) is 29.6. The highest BCUT2D eigenvalue weighted by atomic mass is 35.5. The van der Waals surface area contributed by atoms with Crippen LogP contribution in [0.2, 0.25) is 0 Å². The van der Waals surface area contributed by atoms with E-state index in [2.05, 4.69) is 5.32 Å². The molecule has 1 unspecified atom stereocenters. The number of thioether (sulfide) groups is 1. The van der Waals surface area contributed by atoms with E-state index >= 15 is 0 Å². The van der Waals surface area contributed by atoms with Crippen molar-refractivity contribution in [2.45, 2.75) is 18.6 Å². The number of carbonyl (C=O) groups is 1. The lowest BCUT2D eigenvalue weighted by molar-refractivity contribution is -0.145. The number of halogens is 1. The van der Waals surface area contributed by atoms with Gasteiger partial charge in [-0.1, -0.05) is 0 Å². The van der Waals surface area contributed by atoms with Crippen LogP contribution in [0.25, 0.3) is 0 Å². The topological polar surface area (TPSA) is 41.6 Å². The van der Waals surface area contributed by atoms with Gasteiger partial charge in [-0.15, -0.1) is 12.4 Å². The third kappa shape index (κ3) is 3.26. The van der Waals surface area contributed by atoms with Crippen molar-refractivity contribution in [3.63, 3.8) is 0 Å². The standard InChI is InChI=1S/C10H18N2O2S.ClH/c1-12(8-2-5-15-7-8)10(13)9-6-11-3-4-14-9;/h8-9,11H,2-7H2,1H3;1H/t8?,9-;/m1./s1. The largest absolute Gasteiger partial charge is 0.366 e. The first-order valence-corrected chi connectivity index (χ1v) is 6.61. The zero-order chi connectivity index (χ0) is 10.7. The van der Waals surface area contributed by atoms with E-state index in [1.54, 1.807) is 0 Å². The minimum absolute atomic E-state index is 0. The Morgan fingerprint density at radius 2 is 2.38 bits per heavy atom. The highest BCUT2D eigenvalue weighted by molar-refractivity contribution is 7.99. The highest BCUT2D eigenvalue weighted by Crippen LogP contribution is 2.22. The number of amides is 1. The van der Waals surface area contributed by atoms with Crippen molar-refractivity contribution in [1.82, 2.24) is 10.2 Å². The molecule has 0 aromatic heterocycles. The van der Waals surface area contributed by atoms with Crippen LogP contribution in [0.4, 0.5) is 0 Å². The van der Waals surface area contributed by atoms with Gasteiger partial charge < -0.3 is 15.0 Å². The van der Waals surface area contributed by atoms with Gasteiger partial charge in [0.2, 0.25) is 0 Å². The molecule has 0 spiro atoms. The second-order valence-electron chi connectivity index (χ2n) is 4.03. The zero-order valence-corrected chi connectivity index (χ0v) is 11.1. The van der Waals surface area contributed by atoms with Crippen LogP contribution in [0.15, 0.2) is 0 Å². The molecular weight excluding hydrogens is 248 g/mol. The van der Waals surface area contributed by atoms with E-state index in [9.17, 15) is 4.79 Å². The number of nitrogens with zero attached hydrogens (tertiary/aromatic N) is 1. The van der Waals surface area contributed by atoms with Gasteiger partial charge in [-0.3, -0.25) is 4.79 Å². The van der Waals surface area contributed by atoms with Gasteiger partial charge in [-0.05, 0) is 12.2 Å². The lowest BCUT2D eigenvalue weighted by Crippen LogP contribution is -2.51. The van der Waals surface area contributed by atoms with E-state index in [0.717, 1.165) is 18.7 Å². The Bertz CT molecular complexity index is 231. The third-order valence-corrected chi connectivity index (χ3v) is 4.15. The smallest absolute Gasteiger partial charge is 0.253 e. The molecule has 0 saturated carbocycles. The molecule has 0 bridgehead atoms. The number of morpholine rings is 1. The van der Waals surface area contributed by atoms with Crippen molar-refractivity contribution in [3.8, 4) is 0 Å². The summed E-state index contributed by atoms with van der Waals surface area (Å²) in [6, 6.07) is 0.410. The Kier molecular flexibility index (Phi) is 5.89. The number of hydrogen-bond acceptors (Lipinski definition) is 4. The first kappa shape index (κ1) is 14.1. The van der Waals surface area contributed by atoms with Crippen molar-refractivity contribution in [1.29, 1.82) is 0 Å². The molecule has 2 aliphatic heterocycles. The average molecular weight is 267 g/mol. The number of carbonyl (C=O) groups excluding carboxylic acids is 1. The maximum Gasteiger partial charge on any atom is 0.253 e. The second-order valence-corrected chi connectivity index (χ2v) is 5.18. The summed E-state index contributed by atoms with van der Waals surface area (Å²) in [5.74, 6) is 2.38. The Hall–Kier alpha value is 0.0300. The summed E-state index contributed by atoms with van der Waals surface area (Å²) >= 11 is 1.92. The van der Waals surface area contributed by atoms with E-state index in [1.807, 2.05) is 23.7 Å². The third-order valence-electron chi connectivity index (χ3n) is 3.00. The van der Waals surface area contributed by atoms with Gasteiger partial charge in [0.25, 0.3) is 5.91 Å². The van der Waals surface area contributed by atoms with E-state index < -0.39 is 0 Å². The molecule has 16 heavy (non-hydrogen) atoms. The van der Waals surface area contributed by atoms with Crippen LogP contribution in [-0.4, -0.2) is 61.2 Å². The molecule has 4 nitrogen and oxygen atoms in total.